The molecule has 1 amide bonds. The Hall–Kier alpha value is -1.63. The van der Waals surface area contributed by atoms with Gasteiger partial charge in [-0.1, -0.05) is 35.1 Å². The molecule has 2 aromatic rings. The monoisotopic (exact) mass is 388 g/mol. The molecule has 3 aliphatic heterocycles. The number of halogens is 1. The summed E-state index contributed by atoms with van der Waals surface area (Å²) in [5.74, 6) is 0.0124. The minimum absolute atomic E-state index is 0.0124. The molecule has 0 saturated carbocycles. The van der Waals surface area contributed by atoms with Crippen LogP contribution in [0.5, 0.6) is 0 Å². The zero-order valence-corrected chi connectivity index (χ0v) is 16.0. The van der Waals surface area contributed by atoms with E-state index < -0.39 is 0 Å². The lowest BCUT2D eigenvalue weighted by Crippen LogP contribution is -2.51. The minimum Gasteiger partial charge on any atom is -0.340 e. The Morgan fingerprint density at radius 3 is 2.77 bits per heavy atom. The largest absolute Gasteiger partial charge is 0.340 e. The van der Waals surface area contributed by atoms with E-state index in [2.05, 4.69) is 10.2 Å². The van der Waals surface area contributed by atoms with Crippen molar-refractivity contribution in [1.82, 2.24) is 15.2 Å². The van der Waals surface area contributed by atoms with E-state index >= 15 is 0 Å². The third-order valence-electron chi connectivity index (χ3n) is 5.71. The fraction of sp³-hybridized carbons (Fsp3) is 0.474. The van der Waals surface area contributed by atoms with E-state index in [9.17, 15) is 4.79 Å². The predicted molar refractivity (Wildman–Crippen MR) is 104 cm³/mol. The SMILES string of the molecule is O=C(c1ccccc1Cl)N1CCc2nc(N3C4CCC3CNC4)sc2C1. The van der Waals surface area contributed by atoms with Gasteiger partial charge in [-0.15, -0.1) is 0 Å². The highest BCUT2D eigenvalue weighted by Crippen LogP contribution is 2.38. The van der Waals surface area contributed by atoms with Gasteiger partial charge >= 0.3 is 0 Å². The Morgan fingerprint density at radius 1 is 1.23 bits per heavy atom. The molecule has 1 aromatic carbocycles. The molecule has 136 valence electrons. The van der Waals surface area contributed by atoms with E-state index in [0.29, 0.717) is 35.8 Å². The van der Waals surface area contributed by atoms with Crippen LogP contribution in [0.2, 0.25) is 5.02 Å². The van der Waals surface area contributed by atoms with Gasteiger partial charge in [0.15, 0.2) is 5.13 Å². The number of carbonyl (C=O) groups excluding carboxylic acids is 1. The van der Waals surface area contributed by atoms with Crippen LogP contribution >= 0.6 is 22.9 Å². The second-order valence-corrected chi connectivity index (χ2v) is 8.74. The van der Waals surface area contributed by atoms with Gasteiger partial charge < -0.3 is 15.1 Å². The van der Waals surface area contributed by atoms with Gasteiger partial charge in [-0.25, -0.2) is 4.98 Å². The Bertz CT molecular complexity index is 838. The summed E-state index contributed by atoms with van der Waals surface area (Å²) in [4.78, 5) is 23.5. The van der Waals surface area contributed by atoms with Gasteiger partial charge in [-0.2, -0.15) is 0 Å². The minimum atomic E-state index is 0.0124. The summed E-state index contributed by atoms with van der Waals surface area (Å²) in [5, 5.41) is 5.19. The molecule has 4 heterocycles. The maximum atomic E-state index is 12.9. The molecule has 2 bridgehead atoms. The molecule has 26 heavy (non-hydrogen) atoms. The topological polar surface area (TPSA) is 48.5 Å². The molecular weight excluding hydrogens is 368 g/mol. The van der Waals surface area contributed by atoms with Gasteiger partial charge in [0, 0.05) is 43.0 Å². The summed E-state index contributed by atoms with van der Waals surface area (Å²) in [6, 6.07) is 8.43. The molecule has 2 atom stereocenters. The number of amides is 1. The molecule has 1 N–H and O–H groups in total. The molecule has 7 heteroatoms. The second-order valence-electron chi connectivity index (χ2n) is 7.27. The number of carbonyl (C=O) groups is 1. The Labute approximate surface area is 162 Å². The lowest BCUT2D eigenvalue weighted by atomic mass is 10.1. The van der Waals surface area contributed by atoms with Crippen LogP contribution in [0.1, 0.15) is 33.8 Å². The fourth-order valence-corrected chi connectivity index (χ4v) is 5.84. The second kappa shape index (κ2) is 6.51. The number of piperazine rings is 1. The molecule has 5 rings (SSSR count). The number of rotatable bonds is 2. The van der Waals surface area contributed by atoms with E-state index in [1.807, 2.05) is 17.0 Å². The maximum absolute atomic E-state index is 12.9. The van der Waals surface area contributed by atoms with Crippen molar-refractivity contribution in [3.63, 3.8) is 0 Å². The van der Waals surface area contributed by atoms with Crippen molar-refractivity contribution in [1.29, 1.82) is 0 Å². The van der Waals surface area contributed by atoms with Crippen molar-refractivity contribution in [3.8, 4) is 0 Å². The highest BCUT2D eigenvalue weighted by molar-refractivity contribution is 7.15. The first kappa shape index (κ1) is 16.5. The summed E-state index contributed by atoms with van der Waals surface area (Å²) < 4.78 is 0. The van der Waals surface area contributed by atoms with Gasteiger partial charge in [0.2, 0.25) is 0 Å². The van der Waals surface area contributed by atoms with Gasteiger partial charge in [-0.05, 0) is 25.0 Å². The van der Waals surface area contributed by atoms with Crippen LogP contribution in [0.25, 0.3) is 0 Å². The van der Waals surface area contributed by atoms with E-state index in [1.165, 1.54) is 23.4 Å². The number of hydrogen-bond donors (Lipinski definition) is 1. The highest BCUT2D eigenvalue weighted by atomic mass is 35.5. The van der Waals surface area contributed by atoms with Crippen molar-refractivity contribution < 1.29 is 4.79 Å². The number of nitrogens with zero attached hydrogens (tertiary/aromatic N) is 3. The van der Waals surface area contributed by atoms with Crippen molar-refractivity contribution in [2.75, 3.05) is 24.5 Å². The van der Waals surface area contributed by atoms with Crippen LogP contribution < -0.4 is 10.2 Å². The number of fused-ring (bicyclic) bond motifs is 3. The van der Waals surface area contributed by atoms with Crippen LogP contribution in [-0.4, -0.2) is 47.5 Å². The molecule has 0 aliphatic carbocycles. The number of anilines is 1. The van der Waals surface area contributed by atoms with E-state index in [0.717, 1.165) is 24.6 Å². The summed E-state index contributed by atoms with van der Waals surface area (Å²) in [6.07, 6.45) is 3.32. The number of hydrogen-bond acceptors (Lipinski definition) is 5. The van der Waals surface area contributed by atoms with Crippen LogP contribution in [0, 0.1) is 0 Å². The van der Waals surface area contributed by atoms with Crippen LogP contribution in [0.15, 0.2) is 24.3 Å². The van der Waals surface area contributed by atoms with Gasteiger partial charge in [0.05, 0.1) is 22.8 Å². The first-order valence-corrected chi connectivity index (χ1v) is 10.4. The Kier molecular flexibility index (Phi) is 4.14. The Morgan fingerprint density at radius 2 is 2.00 bits per heavy atom. The standard InChI is InChI=1S/C19H21ClN4OS/c20-15-4-2-1-3-14(15)18(25)23-8-7-16-17(11-23)26-19(22-16)24-12-5-6-13(24)10-21-9-12/h1-4,12-13,21H,5-11H2. The normalized spacial score (nSPS) is 24.7. The predicted octanol–water partition coefficient (Wildman–Crippen LogP) is 2.94. The molecule has 2 fully saturated rings. The third-order valence-corrected chi connectivity index (χ3v) is 7.14. The fourth-order valence-electron chi connectivity index (χ4n) is 4.36. The molecule has 0 spiro atoms. The molecule has 1 aromatic heterocycles. The van der Waals surface area contributed by atoms with E-state index in [-0.39, 0.29) is 5.91 Å². The molecule has 0 radical (unpaired) electrons. The molecular formula is C19H21ClN4OS. The van der Waals surface area contributed by atoms with Crippen LogP contribution in [-0.2, 0) is 13.0 Å². The van der Waals surface area contributed by atoms with Gasteiger partial charge in [0.25, 0.3) is 5.91 Å². The summed E-state index contributed by atoms with van der Waals surface area (Å²) in [6.45, 7) is 3.45. The number of nitrogens with one attached hydrogen (secondary N) is 1. The summed E-state index contributed by atoms with van der Waals surface area (Å²) in [5.41, 5.74) is 1.76. The summed E-state index contributed by atoms with van der Waals surface area (Å²) >= 11 is 7.98. The molecule has 2 unspecified atom stereocenters. The van der Waals surface area contributed by atoms with Crippen molar-refractivity contribution in [2.45, 2.75) is 37.9 Å². The highest BCUT2D eigenvalue weighted by Gasteiger charge is 2.39. The molecule has 5 nitrogen and oxygen atoms in total. The maximum Gasteiger partial charge on any atom is 0.255 e. The lowest BCUT2D eigenvalue weighted by Gasteiger charge is -2.35. The average molecular weight is 389 g/mol. The zero-order valence-electron chi connectivity index (χ0n) is 14.4. The van der Waals surface area contributed by atoms with Crippen molar-refractivity contribution >= 4 is 34.0 Å². The van der Waals surface area contributed by atoms with E-state index in [1.54, 1.807) is 23.5 Å². The van der Waals surface area contributed by atoms with Gasteiger partial charge in [-0.3, -0.25) is 4.79 Å². The van der Waals surface area contributed by atoms with Crippen LogP contribution in [0.4, 0.5) is 5.13 Å². The quantitative estimate of drug-likeness (QED) is 0.859. The Balaban J connectivity index is 1.38. The van der Waals surface area contributed by atoms with Gasteiger partial charge in [0.1, 0.15) is 0 Å². The zero-order chi connectivity index (χ0) is 17.7. The number of aromatic nitrogens is 1. The van der Waals surface area contributed by atoms with Crippen LogP contribution in [0.3, 0.4) is 0 Å². The van der Waals surface area contributed by atoms with E-state index in [4.69, 9.17) is 16.6 Å². The number of benzene rings is 1. The summed E-state index contributed by atoms with van der Waals surface area (Å²) in [7, 11) is 0. The first-order valence-electron chi connectivity index (χ1n) is 9.22. The third kappa shape index (κ3) is 2.71. The average Bonchev–Trinajstić information content (AvgIpc) is 3.18. The number of thiazole rings is 1. The van der Waals surface area contributed by atoms with Crippen molar-refractivity contribution in [2.24, 2.45) is 0 Å². The first-order chi connectivity index (χ1) is 12.7. The lowest BCUT2D eigenvalue weighted by molar-refractivity contribution is 0.0736. The smallest absolute Gasteiger partial charge is 0.255 e. The molecule has 2 saturated heterocycles. The van der Waals surface area contributed by atoms with Crippen molar-refractivity contribution in [3.05, 3.63) is 45.4 Å². The molecule has 3 aliphatic rings.